The second kappa shape index (κ2) is 12.7. The molecule has 0 spiro atoms. The Morgan fingerprint density at radius 2 is 1.13 bits per heavy atom. The zero-order chi connectivity index (χ0) is 27.3. The summed E-state index contributed by atoms with van der Waals surface area (Å²) in [5.41, 5.74) is 2.66. The number of aromatic nitrogens is 4. The Kier molecular flexibility index (Phi) is 9.54. The predicted octanol–water partition coefficient (Wildman–Crippen LogP) is 2.15. The molecule has 200 valence electrons. The Balaban J connectivity index is 1.74. The van der Waals surface area contributed by atoms with Crippen molar-refractivity contribution < 1.29 is 36.3 Å². The molecule has 10 nitrogen and oxygen atoms in total. The van der Waals surface area contributed by atoms with Crippen molar-refractivity contribution in [3.8, 4) is 11.5 Å². The van der Waals surface area contributed by atoms with Crippen molar-refractivity contribution in [2.45, 2.75) is 12.8 Å². The van der Waals surface area contributed by atoms with Crippen molar-refractivity contribution in [2.75, 3.05) is 14.2 Å². The van der Waals surface area contributed by atoms with Crippen LogP contribution in [0, 0.1) is 17.4 Å². The van der Waals surface area contributed by atoms with E-state index >= 15 is 0 Å². The zero-order valence-electron chi connectivity index (χ0n) is 19.9. The normalized spacial score (nSPS) is 11.8. The van der Waals surface area contributed by atoms with Crippen LogP contribution < -0.4 is 23.5 Å². The number of ether oxygens (including phenoxy) is 2. The number of rotatable bonds is 10. The summed E-state index contributed by atoms with van der Waals surface area (Å²) in [5, 5.41) is 16.4. The van der Waals surface area contributed by atoms with Crippen LogP contribution in [0.5, 0.6) is 11.5 Å². The predicted molar refractivity (Wildman–Crippen MR) is 138 cm³/mol. The van der Waals surface area contributed by atoms with E-state index in [1.807, 2.05) is 0 Å². The molecule has 2 aromatic heterocycles. The molecule has 2 aromatic carbocycles. The summed E-state index contributed by atoms with van der Waals surface area (Å²) in [4.78, 5) is 0. The molecule has 0 fully saturated rings. The standard InChI is InChI=1S/C24H20Cl3IN4O6/c1-36-21-7-3-17(11-15(21)13-19-5-9-23(25)31-29-19)28(38-27(33,34)35)18-4-8-22(37-2)16(12-18)14-20-6-10-24(26)32-30-20/h3-12H,13-14H2,1-2H3. The first-order valence-electron chi connectivity index (χ1n) is 10.8. The fourth-order valence-corrected chi connectivity index (χ4v) is 9.42. The molecule has 0 radical (unpaired) electrons. The van der Waals surface area contributed by atoms with E-state index in [1.54, 1.807) is 60.7 Å². The maximum absolute atomic E-state index is 11.8. The van der Waals surface area contributed by atoms with E-state index in [1.165, 1.54) is 14.2 Å². The Morgan fingerprint density at radius 1 is 0.684 bits per heavy atom. The van der Waals surface area contributed by atoms with E-state index in [9.17, 15) is 14.0 Å². The van der Waals surface area contributed by atoms with Gasteiger partial charge in [0.25, 0.3) is 0 Å². The summed E-state index contributed by atoms with van der Waals surface area (Å²) in [6, 6.07) is 17.0. The average molecular weight is 694 g/mol. The summed E-state index contributed by atoms with van der Waals surface area (Å²) in [6.45, 7) is 0. The van der Waals surface area contributed by atoms with Gasteiger partial charge >= 0.3 is 239 Å². The average Bonchev–Trinajstić information content (AvgIpc) is 2.89. The molecule has 4 aromatic rings. The van der Waals surface area contributed by atoms with Gasteiger partial charge < -0.3 is 0 Å². The van der Waals surface area contributed by atoms with Crippen molar-refractivity contribution >= 4 is 43.4 Å². The fraction of sp³-hybridized carbons (Fsp3) is 0.167. The third-order valence-electron chi connectivity index (χ3n) is 5.13. The van der Waals surface area contributed by atoms with Gasteiger partial charge in [-0.15, -0.1) is 0 Å². The first-order valence-corrected chi connectivity index (χ1v) is 15.8. The zero-order valence-corrected chi connectivity index (χ0v) is 24.4. The van der Waals surface area contributed by atoms with Crippen molar-refractivity contribution in [1.82, 2.24) is 20.4 Å². The van der Waals surface area contributed by atoms with Gasteiger partial charge in [-0.2, -0.15) is 0 Å². The first kappa shape index (κ1) is 28.6. The van der Waals surface area contributed by atoms with Crippen molar-refractivity contribution in [2.24, 2.45) is 0 Å². The first-order chi connectivity index (χ1) is 18.1. The molecule has 0 saturated carbocycles. The van der Waals surface area contributed by atoms with E-state index in [2.05, 4.69) is 20.4 Å². The van der Waals surface area contributed by atoms with E-state index in [4.69, 9.17) is 35.3 Å². The van der Waals surface area contributed by atoms with Gasteiger partial charge in [-0.25, -0.2) is 0 Å². The van der Waals surface area contributed by atoms with Crippen molar-refractivity contribution in [3.05, 3.63) is 101 Å². The molecule has 4 rings (SSSR count). The third-order valence-corrected chi connectivity index (χ3v) is 11.6. The fourth-order valence-electron chi connectivity index (χ4n) is 3.51. The number of benzene rings is 2. The molecule has 0 saturated heterocycles. The molecule has 0 atom stereocenters. The Labute approximate surface area is 238 Å². The van der Waals surface area contributed by atoms with Crippen LogP contribution in [0.1, 0.15) is 22.5 Å². The van der Waals surface area contributed by atoms with Crippen LogP contribution in [-0.2, 0) is 15.5 Å². The number of hydrogen-bond donors (Lipinski definition) is 0. The Hall–Kier alpha value is -2.36. The quantitative estimate of drug-likeness (QED) is 0.226. The topological polar surface area (TPSA) is 148 Å². The third kappa shape index (κ3) is 7.61. The number of nitrogens with zero attached hydrogens (tertiary/aromatic N) is 4. The molecule has 0 aliphatic rings. The van der Waals surface area contributed by atoms with E-state index in [-0.39, 0.29) is 10.3 Å². The van der Waals surface area contributed by atoms with Crippen LogP contribution in [0.4, 0.5) is 0 Å². The van der Waals surface area contributed by atoms with Gasteiger partial charge in [0.15, 0.2) is 0 Å². The number of halogens is 4. The molecule has 0 N–H and O–H groups in total. The minimum atomic E-state index is -4.71. The molecule has 0 aliphatic carbocycles. The van der Waals surface area contributed by atoms with Gasteiger partial charge in [-0.05, 0) is 0 Å². The summed E-state index contributed by atoms with van der Waals surface area (Å²) < 4.78 is 52.6. The molecule has 0 unspecified atom stereocenters. The molecular formula is C24H20Cl3IN4O6. The van der Waals surface area contributed by atoms with Crippen LogP contribution in [0.3, 0.4) is 0 Å². The van der Waals surface area contributed by atoms with Crippen molar-refractivity contribution in [1.29, 1.82) is 0 Å². The van der Waals surface area contributed by atoms with Gasteiger partial charge in [0.1, 0.15) is 0 Å². The van der Waals surface area contributed by atoms with Gasteiger partial charge in [-0.1, -0.05) is 0 Å². The van der Waals surface area contributed by atoms with Gasteiger partial charge in [-0.3, -0.25) is 0 Å². The maximum atomic E-state index is 11.8. The molecule has 38 heavy (non-hydrogen) atoms. The van der Waals surface area contributed by atoms with Crippen molar-refractivity contribution in [3.63, 3.8) is 0 Å². The van der Waals surface area contributed by atoms with E-state index in [0.717, 1.165) is 0 Å². The Morgan fingerprint density at radius 3 is 1.47 bits per heavy atom. The molecule has 0 bridgehead atoms. The van der Waals surface area contributed by atoms with Gasteiger partial charge in [0.2, 0.25) is 0 Å². The second-order valence-corrected chi connectivity index (χ2v) is 14.2. The van der Waals surface area contributed by atoms with Gasteiger partial charge in [0.05, 0.1) is 0 Å². The number of methoxy groups -OCH3 is 2. The minimum absolute atomic E-state index is 0.260. The second-order valence-electron chi connectivity index (χ2n) is 7.65. The van der Waals surface area contributed by atoms with Crippen LogP contribution in [0.2, 0.25) is 10.3 Å². The molecule has 0 amide bonds. The van der Waals surface area contributed by atoms with Crippen LogP contribution in [0.15, 0.2) is 60.7 Å². The van der Waals surface area contributed by atoms with Crippen LogP contribution in [-0.4, -0.2) is 34.6 Å². The summed E-state index contributed by atoms with van der Waals surface area (Å²) >= 11 is 8.39. The molecule has 2 heterocycles. The summed E-state index contributed by atoms with van der Waals surface area (Å²) in [6.07, 6.45) is 0.659. The van der Waals surface area contributed by atoms with E-state index in [0.29, 0.717) is 54.0 Å². The Bertz CT molecular complexity index is 1290. The molecular weight excluding hydrogens is 674 g/mol. The monoisotopic (exact) mass is 692 g/mol. The van der Waals surface area contributed by atoms with E-state index < -0.39 is 30.5 Å². The molecule has 0 aliphatic heterocycles. The van der Waals surface area contributed by atoms with Gasteiger partial charge in [0, 0.05) is 0 Å². The summed E-state index contributed by atoms with van der Waals surface area (Å²) in [5.74, 6) is 1.11. The van der Waals surface area contributed by atoms with Crippen LogP contribution >= 0.6 is 43.4 Å². The SMILES string of the molecule is COc1ccc(I(O[Cl+3]([O-])([O-])[O-])c2ccc(OC)c(Cc3ccc(Cl)nn3)c2)cc1Cc1ccc(Cl)nn1. The summed E-state index contributed by atoms with van der Waals surface area (Å²) in [7, 11) is -1.66. The number of hydrogen-bond acceptors (Lipinski definition) is 10. The molecule has 14 heteroatoms. The van der Waals surface area contributed by atoms with Crippen LogP contribution in [0.25, 0.3) is 0 Å².